The molecule has 4 rings (SSSR count). The zero-order chi connectivity index (χ0) is 27.3. The van der Waals surface area contributed by atoms with Crippen molar-refractivity contribution >= 4 is 86.2 Å². The summed E-state index contributed by atoms with van der Waals surface area (Å²) in [4.78, 5) is 16.6. The lowest BCUT2D eigenvalue weighted by Crippen LogP contribution is -2.30. The molecule has 7 N–H and O–H groups in total. The molecule has 1 heterocycles. The summed E-state index contributed by atoms with van der Waals surface area (Å²) >= 11 is 1.36. The number of rotatable bonds is 11. The SMILES string of the molecule is COc1ccc2nc(C(Cc3cccc(C(=N)N)c3)NS(=O)(=O)c3cccc(NC(=O)CCN)c3)sc2c1.Cl.Cl.Cl. The van der Waals surface area contributed by atoms with Crippen LogP contribution in [0.4, 0.5) is 5.69 Å². The van der Waals surface area contributed by atoms with E-state index in [-0.39, 0.29) is 73.2 Å². The second kappa shape index (κ2) is 15.9. The highest BCUT2D eigenvalue weighted by Crippen LogP contribution is 2.32. The number of fused-ring (bicyclic) bond motifs is 1. The zero-order valence-corrected chi connectivity index (χ0v) is 25.9. The molecule has 1 atom stereocenters. The van der Waals surface area contributed by atoms with Gasteiger partial charge in [-0.3, -0.25) is 10.2 Å². The molecule has 4 aromatic rings. The lowest BCUT2D eigenvalue weighted by Gasteiger charge is -2.18. The maximum absolute atomic E-state index is 13.5. The molecular formula is C26H31Cl3N6O4S2. The van der Waals surface area contributed by atoms with Crippen LogP contribution in [0.2, 0.25) is 0 Å². The number of nitrogen functional groups attached to an aromatic ring is 1. The molecule has 0 aliphatic carbocycles. The van der Waals surface area contributed by atoms with Gasteiger partial charge in [0.15, 0.2) is 0 Å². The van der Waals surface area contributed by atoms with Crippen molar-refractivity contribution in [3.05, 3.63) is 82.9 Å². The summed E-state index contributed by atoms with van der Waals surface area (Å²) in [6.07, 6.45) is 0.392. The molecule has 0 spiro atoms. The number of carbonyl (C=O) groups is 1. The Morgan fingerprint density at radius 3 is 2.49 bits per heavy atom. The molecule has 1 aromatic heterocycles. The summed E-state index contributed by atoms with van der Waals surface area (Å²) in [7, 11) is -2.45. The highest BCUT2D eigenvalue weighted by atomic mass is 35.5. The van der Waals surface area contributed by atoms with Crippen LogP contribution in [0.1, 0.15) is 28.6 Å². The van der Waals surface area contributed by atoms with Gasteiger partial charge in [-0.25, -0.2) is 18.1 Å². The van der Waals surface area contributed by atoms with Gasteiger partial charge in [0.25, 0.3) is 0 Å². The van der Waals surface area contributed by atoms with E-state index in [1.165, 1.54) is 23.5 Å². The van der Waals surface area contributed by atoms with Crippen LogP contribution in [0.25, 0.3) is 10.2 Å². The van der Waals surface area contributed by atoms with E-state index >= 15 is 0 Å². The second-order valence-electron chi connectivity index (χ2n) is 8.49. The molecule has 41 heavy (non-hydrogen) atoms. The number of ether oxygens (including phenoxy) is 1. The van der Waals surface area contributed by atoms with Crippen LogP contribution in [-0.4, -0.2) is 38.8 Å². The van der Waals surface area contributed by atoms with Crippen LogP contribution < -0.4 is 26.2 Å². The fourth-order valence-electron chi connectivity index (χ4n) is 3.83. The molecule has 0 saturated carbocycles. The van der Waals surface area contributed by atoms with Gasteiger partial charge in [-0.2, -0.15) is 0 Å². The van der Waals surface area contributed by atoms with E-state index in [0.29, 0.717) is 22.0 Å². The average molecular weight is 662 g/mol. The maximum atomic E-state index is 13.5. The average Bonchev–Trinajstić information content (AvgIpc) is 3.32. The normalized spacial score (nSPS) is 11.4. The Hall–Kier alpha value is -2.97. The minimum Gasteiger partial charge on any atom is -0.497 e. The Labute approximate surface area is 261 Å². The number of nitrogens with one attached hydrogen (secondary N) is 3. The monoisotopic (exact) mass is 660 g/mol. The fraction of sp³-hybridized carbons (Fsp3) is 0.192. The molecule has 0 bridgehead atoms. The number of hydrogen-bond donors (Lipinski definition) is 5. The van der Waals surface area contributed by atoms with Gasteiger partial charge in [0.05, 0.1) is 28.3 Å². The molecule has 10 nitrogen and oxygen atoms in total. The van der Waals surface area contributed by atoms with E-state index in [1.54, 1.807) is 43.5 Å². The van der Waals surface area contributed by atoms with Crippen LogP contribution in [0.5, 0.6) is 5.75 Å². The fourth-order valence-corrected chi connectivity index (χ4v) is 6.20. The molecule has 0 aliphatic rings. The number of nitrogens with zero attached hydrogens (tertiary/aromatic N) is 1. The maximum Gasteiger partial charge on any atom is 0.241 e. The topological polar surface area (TPSA) is 173 Å². The number of hydrogen-bond acceptors (Lipinski definition) is 8. The molecule has 0 saturated heterocycles. The predicted octanol–water partition coefficient (Wildman–Crippen LogP) is 4.40. The number of amides is 1. The van der Waals surface area contributed by atoms with Crippen LogP contribution in [0, 0.1) is 5.41 Å². The molecule has 1 amide bonds. The van der Waals surface area contributed by atoms with Crippen LogP contribution >= 0.6 is 48.6 Å². The summed E-state index contributed by atoms with van der Waals surface area (Å²) in [5.41, 5.74) is 13.5. The van der Waals surface area contributed by atoms with E-state index in [0.717, 1.165) is 15.8 Å². The molecule has 3 aromatic carbocycles. The van der Waals surface area contributed by atoms with Crippen molar-refractivity contribution in [2.75, 3.05) is 19.0 Å². The smallest absolute Gasteiger partial charge is 0.241 e. The Morgan fingerprint density at radius 2 is 1.80 bits per heavy atom. The van der Waals surface area contributed by atoms with Crippen molar-refractivity contribution < 1.29 is 17.9 Å². The molecule has 0 aliphatic heterocycles. The van der Waals surface area contributed by atoms with E-state index in [2.05, 4.69) is 10.0 Å². The van der Waals surface area contributed by atoms with Crippen LogP contribution in [0.15, 0.2) is 71.6 Å². The standard InChI is InChI=1S/C26H28N6O4S2.3ClH/c1-36-19-8-9-21-23(15-19)37-26(31-21)22(13-16-4-2-5-17(12-16)25(28)29)32-38(34,35)20-7-3-6-18(14-20)30-24(33)10-11-27;;;/h2-9,12,14-15,22,32H,10-11,13,27H2,1H3,(H3,28,29)(H,30,33);3*1H. The van der Waals surface area contributed by atoms with Gasteiger partial charge in [0.1, 0.15) is 16.6 Å². The summed E-state index contributed by atoms with van der Waals surface area (Å²) in [5, 5.41) is 11.0. The Balaban J connectivity index is 0.00000280. The summed E-state index contributed by atoms with van der Waals surface area (Å²) in [6.45, 7) is 0.186. The highest BCUT2D eigenvalue weighted by molar-refractivity contribution is 7.89. The van der Waals surface area contributed by atoms with Crippen molar-refractivity contribution in [2.24, 2.45) is 11.5 Å². The molecular weight excluding hydrogens is 631 g/mol. The molecule has 15 heteroatoms. The summed E-state index contributed by atoms with van der Waals surface area (Å²) < 4.78 is 36.0. The number of halogens is 3. The van der Waals surface area contributed by atoms with Gasteiger partial charge >= 0.3 is 0 Å². The van der Waals surface area contributed by atoms with E-state index in [1.807, 2.05) is 18.2 Å². The molecule has 1 unspecified atom stereocenters. The van der Waals surface area contributed by atoms with Crippen molar-refractivity contribution in [2.45, 2.75) is 23.8 Å². The third-order valence-corrected chi connectivity index (χ3v) is 8.29. The van der Waals surface area contributed by atoms with Gasteiger partial charge in [-0.05, 0) is 54.4 Å². The number of carbonyl (C=O) groups excluding carboxylic acids is 1. The van der Waals surface area contributed by atoms with E-state index in [4.69, 9.17) is 26.6 Å². The first-order valence-electron chi connectivity index (χ1n) is 11.7. The Morgan fingerprint density at radius 1 is 1.07 bits per heavy atom. The quantitative estimate of drug-likeness (QED) is 0.117. The first-order valence-corrected chi connectivity index (χ1v) is 14.0. The highest BCUT2D eigenvalue weighted by Gasteiger charge is 2.25. The van der Waals surface area contributed by atoms with Crippen molar-refractivity contribution in [1.29, 1.82) is 5.41 Å². The van der Waals surface area contributed by atoms with Gasteiger partial charge in [0, 0.05) is 24.2 Å². The largest absolute Gasteiger partial charge is 0.497 e. The minimum absolute atomic E-state index is 0. The first kappa shape index (κ1) is 36.1. The number of methoxy groups -OCH3 is 1. The summed E-state index contributed by atoms with van der Waals surface area (Å²) in [6, 6.07) is 17.9. The number of sulfonamides is 1. The van der Waals surface area contributed by atoms with Gasteiger partial charge < -0.3 is 21.5 Å². The lowest BCUT2D eigenvalue weighted by atomic mass is 10.0. The summed E-state index contributed by atoms with van der Waals surface area (Å²) in [5.74, 6) is 0.292. The van der Waals surface area contributed by atoms with Gasteiger partial charge in [-0.15, -0.1) is 48.6 Å². The van der Waals surface area contributed by atoms with Gasteiger partial charge in [0.2, 0.25) is 15.9 Å². The number of nitrogens with two attached hydrogens (primary N) is 2. The minimum atomic E-state index is -4.03. The Bertz CT molecular complexity index is 1600. The van der Waals surface area contributed by atoms with Crippen molar-refractivity contribution in [3.8, 4) is 5.75 Å². The number of anilines is 1. The van der Waals surface area contributed by atoms with Crippen LogP contribution in [0.3, 0.4) is 0 Å². The molecule has 0 radical (unpaired) electrons. The number of benzene rings is 3. The first-order chi connectivity index (χ1) is 18.2. The Kier molecular flexibility index (Phi) is 14.0. The van der Waals surface area contributed by atoms with E-state index < -0.39 is 16.1 Å². The lowest BCUT2D eigenvalue weighted by molar-refractivity contribution is -0.116. The van der Waals surface area contributed by atoms with Crippen LogP contribution in [-0.2, 0) is 21.2 Å². The number of thiazole rings is 1. The second-order valence-corrected chi connectivity index (χ2v) is 11.3. The third-order valence-electron chi connectivity index (χ3n) is 5.68. The molecule has 0 fully saturated rings. The third kappa shape index (κ3) is 9.27. The number of aromatic nitrogens is 1. The van der Waals surface area contributed by atoms with Crippen molar-refractivity contribution in [3.63, 3.8) is 0 Å². The molecule has 222 valence electrons. The van der Waals surface area contributed by atoms with Crippen molar-refractivity contribution in [1.82, 2.24) is 9.71 Å². The zero-order valence-electron chi connectivity index (χ0n) is 21.8. The number of amidine groups is 1. The van der Waals surface area contributed by atoms with Gasteiger partial charge in [-0.1, -0.05) is 24.3 Å². The predicted molar refractivity (Wildman–Crippen MR) is 171 cm³/mol. The van der Waals surface area contributed by atoms with E-state index in [9.17, 15) is 13.2 Å².